The standard InChI is InChI=1S/C16H20N4/c1-11-3-2-4-13(7-5-11)20-15-9-12(10-17)6-8-14(15)19-16(20)18/h6,8-9,11,13H,2-5,7H2,1H3,(H2,18,19). The van der Waals surface area contributed by atoms with Crippen molar-refractivity contribution in [2.24, 2.45) is 5.92 Å². The first kappa shape index (κ1) is 13.0. The van der Waals surface area contributed by atoms with Gasteiger partial charge in [-0.2, -0.15) is 5.26 Å². The number of nitrogen functional groups attached to an aromatic ring is 1. The van der Waals surface area contributed by atoms with E-state index in [1.807, 2.05) is 12.1 Å². The van der Waals surface area contributed by atoms with Gasteiger partial charge in [0, 0.05) is 6.04 Å². The minimum Gasteiger partial charge on any atom is -0.369 e. The molecule has 4 heteroatoms. The summed E-state index contributed by atoms with van der Waals surface area (Å²) in [5.74, 6) is 1.38. The Morgan fingerprint density at radius 2 is 2.15 bits per heavy atom. The number of hydrogen-bond donors (Lipinski definition) is 1. The van der Waals surface area contributed by atoms with Gasteiger partial charge in [0.05, 0.1) is 22.7 Å². The van der Waals surface area contributed by atoms with E-state index in [0.29, 0.717) is 17.6 Å². The number of fused-ring (bicyclic) bond motifs is 1. The number of hydrogen-bond acceptors (Lipinski definition) is 3. The number of rotatable bonds is 1. The van der Waals surface area contributed by atoms with E-state index < -0.39 is 0 Å². The van der Waals surface area contributed by atoms with Crippen LogP contribution in [-0.4, -0.2) is 9.55 Å². The monoisotopic (exact) mass is 268 g/mol. The molecule has 2 N–H and O–H groups in total. The third-order valence-corrected chi connectivity index (χ3v) is 4.44. The Balaban J connectivity index is 2.05. The molecule has 1 fully saturated rings. The van der Waals surface area contributed by atoms with E-state index in [4.69, 9.17) is 11.0 Å². The zero-order valence-electron chi connectivity index (χ0n) is 11.8. The maximum absolute atomic E-state index is 9.07. The van der Waals surface area contributed by atoms with Gasteiger partial charge in [-0.25, -0.2) is 4.98 Å². The molecule has 1 heterocycles. The van der Waals surface area contributed by atoms with E-state index in [9.17, 15) is 0 Å². The summed E-state index contributed by atoms with van der Waals surface area (Å²) in [4.78, 5) is 4.44. The first-order chi connectivity index (χ1) is 9.69. The van der Waals surface area contributed by atoms with Crippen molar-refractivity contribution in [3.05, 3.63) is 23.8 Å². The first-order valence-corrected chi connectivity index (χ1v) is 7.36. The predicted molar refractivity (Wildman–Crippen MR) is 80.1 cm³/mol. The summed E-state index contributed by atoms with van der Waals surface area (Å²) in [6.45, 7) is 2.32. The highest BCUT2D eigenvalue weighted by molar-refractivity contribution is 5.80. The topological polar surface area (TPSA) is 67.6 Å². The third kappa shape index (κ3) is 2.24. The fraction of sp³-hybridized carbons (Fsp3) is 0.500. The molecule has 1 aromatic carbocycles. The Bertz CT molecular complexity index is 665. The van der Waals surface area contributed by atoms with Gasteiger partial charge in [-0.15, -0.1) is 0 Å². The predicted octanol–water partition coefficient (Wildman–Crippen LogP) is 3.63. The zero-order chi connectivity index (χ0) is 14.1. The van der Waals surface area contributed by atoms with Crippen molar-refractivity contribution in [3.63, 3.8) is 0 Å². The van der Waals surface area contributed by atoms with E-state index >= 15 is 0 Å². The number of aromatic nitrogens is 2. The summed E-state index contributed by atoms with van der Waals surface area (Å²) < 4.78 is 2.15. The normalized spacial score (nSPS) is 23.4. The molecule has 20 heavy (non-hydrogen) atoms. The molecule has 0 amide bonds. The van der Waals surface area contributed by atoms with Gasteiger partial charge in [0.1, 0.15) is 0 Å². The molecule has 1 aliphatic rings. The second-order valence-corrected chi connectivity index (χ2v) is 5.92. The molecule has 3 rings (SSSR count). The lowest BCUT2D eigenvalue weighted by Gasteiger charge is -2.18. The highest BCUT2D eigenvalue weighted by Crippen LogP contribution is 2.34. The minimum absolute atomic E-state index is 0.416. The lowest BCUT2D eigenvalue weighted by Crippen LogP contribution is -2.11. The van der Waals surface area contributed by atoms with Crippen LogP contribution >= 0.6 is 0 Å². The smallest absolute Gasteiger partial charge is 0.201 e. The SMILES string of the molecule is CC1CCCC(n2c(N)nc3ccc(C#N)cc32)CC1. The third-order valence-electron chi connectivity index (χ3n) is 4.44. The fourth-order valence-electron chi connectivity index (χ4n) is 3.29. The van der Waals surface area contributed by atoms with Crippen LogP contribution in [0.2, 0.25) is 0 Å². The molecule has 0 aliphatic heterocycles. The highest BCUT2D eigenvalue weighted by Gasteiger charge is 2.21. The van der Waals surface area contributed by atoms with Crippen molar-refractivity contribution in [1.82, 2.24) is 9.55 Å². The largest absolute Gasteiger partial charge is 0.369 e. The van der Waals surface area contributed by atoms with E-state index in [1.54, 1.807) is 6.07 Å². The quantitative estimate of drug-likeness (QED) is 0.803. The van der Waals surface area contributed by atoms with Crippen LogP contribution in [0.4, 0.5) is 5.95 Å². The van der Waals surface area contributed by atoms with Crippen LogP contribution in [0.3, 0.4) is 0 Å². The number of nitrogens with two attached hydrogens (primary N) is 1. The van der Waals surface area contributed by atoms with E-state index in [-0.39, 0.29) is 0 Å². The Morgan fingerprint density at radius 3 is 2.95 bits per heavy atom. The Hall–Kier alpha value is -2.02. The lowest BCUT2D eigenvalue weighted by atomic mass is 10.0. The molecule has 2 unspecified atom stereocenters. The van der Waals surface area contributed by atoms with Crippen LogP contribution in [0, 0.1) is 17.2 Å². The van der Waals surface area contributed by atoms with Gasteiger partial charge in [0.2, 0.25) is 5.95 Å². The second kappa shape index (κ2) is 5.16. The zero-order valence-corrected chi connectivity index (χ0v) is 11.8. The highest BCUT2D eigenvalue weighted by atomic mass is 15.2. The Morgan fingerprint density at radius 1 is 1.30 bits per heavy atom. The van der Waals surface area contributed by atoms with Crippen LogP contribution in [0.5, 0.6) is 0 Å². The molecule has 1 aromatic heterocycles. The van der Waals surface area contributed by atoms with Crippen molar-refractivity contribution >= 4 is 17.0 Å². The molecule has 1 aliphatic carbocycles. The summed E-state index contributed by atoms with van der Waals surface area (Å²) in [7, 11) is 0. The molecule has 1 saturated carbocycles. The molecular weight excluding hydrogens is 248 g/mol. The molecule has 2 atom stereocenters. The molecule has 2 aromatic rings. The first-order valence-electron chi connectivity index (χ1n) is 7.36. The van der Waals surface area contributed by atoms with Crippen molar-refractivity contribution in [2.75, 3.05) is 5.73 Å². The summed E-state index contributed by atoms with van der Waals surface area (Å²) in [5, 5.41) is 9.07. The van der Waals surface area contributed by atoms with Gasteiger partial charge >= 0.3 is 0 Å². The molecule has 104 valence electrons. The van der Waals surface area contributed by atoms with Crippen LogP contribution in [0.1, 0.15) is 50.6 Å². The number of nitrogens with zero attached hydrogens (tertiary/aromatic N) is 3. The molecule has 4 nitrogen and oxygen atoms in total. The number of imidazole rings is 1. The van der Waals surface area contributed by atoms with Crippen molar-refractivity contribution in [3.8, 4) is 6.07 Å². The second-order valence-electron chi connectivity index (χ2n) is 5.92. The van der Waals surface area contributed by atoms with Crippen molar-refractivity contribution in [1.29, 1.82) is 5.26 Å². The molecule has 0 bridgehead atoms. The molecule has 0 radical (unpaired) electrons. The van der Waals surface area contributed by atoms with E-state index in [0.717, 1.165) is 29.8 Å². The van der Waals surface area contributed by atoms with Crippen molar-refractivity contribution in [2.45, 2.75) is 45.1 Å². The Labute approximate surface area is 119 Å². The maximum Gasteiger partial charge on any atom is 0.201 e. The summed E-state index contributed by atoms with van der Waals surface area (Å²) in [6, 6.07) is 8.21. The van der Waals surface area contributed by atoms with Crippen molar-refractivity contribution < 1.29 is 0 Å². The molecular formula is C16H20N4. The van der Waals surface area contributed by atoms with Gasteiger partial charge < -0.3 is 10.3 Å². The van der Waals surface area contributed by atoms with E-state index in [2.05, 4.69) is 22.5 Å². The van der Waals surface area contributed by atoms with Crippen LogP contribution in [0.15, 0.2) is 18.2 Å². The lowest BCUT2D eigenvalue weighted by molar-refractivity contribution is 0.445. The van der Waals surface area contributed by atoms with Crippen LogP contribution in [-0.2, 0) is 0 Å². The molecule has 0 saturated heterocycles. The number of benzene rings is 1. The van der Waals surface area contributed by atoms with Gasteiger partial charge in [-0.1, -0.05) is 19.8 Å². The summed E-state index contributed by atoms with van der Waals surface area (Å²) in [5.41, 5.74) is 8.69. The molecule has 0 spiro atoms. The van der Waals surface area contributed by atoms with Gasteiger partial charge in [0.15, 0.2) is 0 Å². The summed E-state index contributed by atoms with van der Waals surface area (Å²) in [6.07, 6.45) is 6.07. The van der Waals surface area contributed by atoms with Crippen LogP contribution in [0.25, 0.3) is 11.0 Å². The van der Waals surface area contributed by atoms with E-state index in [1.165, 1.54) is 19.3 Å². The van der Waals surface area contributed by atoms with Crippen LogP contribution < -0.4 is 5.73 Å². The maximum atomic E-state index is 9.07. The average molecular weight is 268 g/mol. The minimum atomic E-state index is 0.416. The average Bonchev–Trinajstić information content (AvgIpc) is 2.61. The Kier molecular flexibility index (Phi) is 3.35. The fourth-order valence-corrected chi connectivity index (χ4v) is 3.29. The van der Waals surface area contributed by atoms with Gasteiger partial charge in [-0.3, -0.25) is 0 Å². The summed E-state index contributed by atoms with van der Waals surface area (Å²) >= 11 is 0. The number of nitriles is 1. The number of anilines is 1. The van der Waals surface area contributed by atoms with Gasteiger partial charge in [-0.05, 0) is 43.4 Å². The van der Waals surface area contributed by atoms with Gasteiger partial charge in [0.25, 0.3) is 0 Å².